The maximum Gasteiger partial charge on any atom is 0.240 e. The van der Waals surface area contributed by atoms with Crippen LogP contribution in [0.4, 0.5) is 0 Å². The monoisotopic (exact) mass is 263 g/mol. The van der Waals surface area contributed by atoms with E-state index in [0.29, 0.717) is 29.9 Å². The van der Waals surface area contributed by atoms with Gasteiger partial charge in [-0.2, -0.15) is 4.98 Å². The number of thioether (sulfide) groups is 1. The van der Waals surface area contributed by atoms with Crippen LogP contribution in [-0.2, 0) is 12.3 Å². The molecule has 0 spiro atoms. The van der Waals surface area contributed by atoms with Gasteiger partial charge in [0.15, 0.2) is 5.82 Å². The minimum absolute atomic E-state index is 0.292. The van der Waals surface area contributed by atoms with Crippen molar-refractivity contribution in [3.63, 3.8) is 0 Å². The van der Waals surface area contributed by atoms with Crippen LogP contribution in [0, 0.1) is 0 Å². The van der Waals surface area contributed by atoms with Crippen molar-refractivity contribution in [1.82, 2.24) is 10.1 Å². The van der Waals surface area contributed by atoms with Crippen LogP contribution in [0.2, 0.25) is 0 Å². The van der Waals surface area contributed by atoms with E-state index < -0.39 is 0 Å². The minimum atomic E-state index is 0.292. The van der Waals surface area contributed by atoms with E-state index in [2.05, 4.69) is 48.3 Å². The molecule has 5 heteroatoms. The molecule has 0 aliphatic carbocycles. The molecule has 0 atom stereocenters. The summed E-state index contributed by atoms with van der Waals surface area (Å²) in [7, 11) is 0. The third-order valence-electron chi connectivity index (χ3n) is 2.60. The molecular formula is C13H17N3OS. The Morgan fingerprint density at radius 1 is 1.28 bits per heavy atom. The summed E-state index contributed by atoms with van der Waals surface area (Å²) in [5, 5.41) is 3.86. The topological polar surface area (TPSA) is 64.9 Å². The van der Waals surface area contributed by atoms with E-state index in [0.717, 1.165) is 0 Å². The molecule has 96 valence electrons. The summed E-state index contributed by atoms with van der Waals surface area (Å²) >= 11 is 1.69. The number of benzene rings is 1. The van der Waals surface area contributed by atoms with Gasteiger partial charge in [0.2, 0.25) is 5.89 Å². The molecule has 0 bridgehead atoms. The third-order valence-corrected chi connectivity index (χ3v) is 3.61. The zero-order chi connectivity index (χ0) is 13.0. The van der Waals surface area contributed by atoms with Gasteiger partial charge in [0.25, 0.3) is 0 Å². The van der Waals surface area contributed by atoms with Crippen LogP contribution in [0.1, 0.15) is 37.0 Å². The quantitative estimate of drug-likeness (QED) is 0.840. The van der Waals surface area contributed by atoms with Gasteiger partial charge in [-0.15, -0.1) is 11.8 Å². The fourth-order valence-electron chi connectivity index (χ4n) is 1.53. The fourth-order valence-corrected chi connectivity index (χ4v) is 2.27. The summed E-state index contributed by atoms with van der Waals surface area (Å²) in [4.78, 5) is 5.37. The third kappa shape index (κ3) is 3.34. The maximum absolute atomic E-state index is 5.41. The lowest BCUT2D eigenvalue weighted by Gasteiger charge is -2.05. The SMILES string of the molecule is CC(C)c1ccc(SCc2noc(CN)n2)cc1. The van der Waals surface area contributed by atoms with Crippen LogP contribution in [0.15, 0.2) is 33.7 Å². The molecule has 0 radical (unpaired) electrons. The molecule has 2 N–H and O–H groups in total. The van der Waals surface area contributed by atoms with Crippen molar-refractivity contribution < 1.29 is 4.52 Å². The van der Waals surface area contributed by atoms with Gasteiger partial charge in [-0.05, 0) is 23.6 Å². The number of hydrogen-bond acceptors (Lipinski definition) is 5. The van der Waals surface area contributed by atoms with Gasteiger partial charge < -0.3 is 10.3 Å². The number of hydrogen-bond donors (Lipinski definition) is 1. The average molecular weight is 263 g/mol. The van der Waals surface area contributed by atoms with E-state index in [1.807, 2.05) is 0 Å². The van der Waals surface area contributed by atoms with E-state index >= 15 is 0 Å². The molecule has 2 rings (SSSR count). The lowest BCUT2D eigenvalue weighted by atomic mass is 10.0. The van der Waals surface area contributed by atoms with Gasteiger partial charge in [-0.1, -0.05) is 31.1 Å². The Morgan fingerprint density at radius 3 is 2.56 bits per heavy atom. The van der Waals surface area contributed by atoms with Gasteiger partial charge in [0, 0.05) is 4.90 Å². The highest BCUT2D eigenvalue weighted by atomic mass is 32.2. The van der Waals surface area contributed by atoms with Gasteiger partial charge in [-0.3, -0.25) is 0 Å². The maximum atomic E-state index is 5.41. The van der Waals surface area contributed by atoms with Crippen LogP contribution in [-0.4, -0.2) is 10.1 Å². The molecule has 0 fully saturated rings. The predicted molar refractivity (Wildman–Crippen MR) is 72.3 cm³/mol. The fraction of sp³-hybridized carbons (Fsp3) is 0.385. The smallest absolute Gasteiger partial charge is 0.240 e. The zero-order valence-electron chi connectivity index (χ0n) is 10.6. The average Bonchev–Trinajstić information content (AvgIpc) is 2.85. The molecular weight excluding hydrogens is 246 g/mol. The summed E-state index contributed by atoms with van der Waals surface area (Å²) in [6, 6.07) is 8.58. The van der Waals surface area contributed by atoms with E-state index in [9.17, 15) is 0 Å². The largest absolute Gasteiger partial charge is 0.338 e. The van der Waals surface area contributed by atoms with Gasteiger partial charge in [0.1, 0.15) is 0 Å². The number of nitrogens with zero attached hydrogens (tertiary/aromatic N) is 2. The molecule has 1 heterocycles. The van der Waals surface area contributed by atoms with Crippen LogP contribution >= 0.6 is 11.8 Å². The molecule has 0 saturated carbocycles. The Balaban J connectivity index is 1.93. The van der Waals surface area contributed by atoms with Crippen LogP contribution in [0.3, 0.4) is 0 Å². The Bertz CT molecular complexity index is 493. The number of nitrogens with two attached hydrogens (primary N) is 1. The summed E-state index contributed by atoms with van der Waals surface area (Å²) in [6.07, 6.45) is 0. The lowest BCUT2D eigenvalue weighted by Crippen LogP contribution is -1.96. The summed E-state index contributed by atoms with van der Waals surface area (Å²) < 4.78 is 4.95. The van der Waals surface area contributed by atoms with Crippen LogP contribution < -0.4 is 5.73 Å². The molecule has 0 aliphatic heterocycles. The molecule has 0 unspecified atom stereocenters. The molecule has 1 aromatic heterocycles. The van der Waals surface area contributed by atoms with Crippen LogP contribution in [0.5, 0.6) is 0 Å². The van der Waals surface area contributed by atoms with Gasteiger partial charge >= 0.3 is 0 Å². The van der Waals surface area contributed by atoms with Crippen molar-refractivity contribution in [2.45, 2.75) is 37.0 Å². The van der Waals surface area contributed by atoms with Crippen molar-refractivity contribution in [2.24, 2.45) is 5.73 Å². The van der Waals surface area contributed by atoms with E-state index in [1.165, 1.54) is 10.5 Å². The van der Waals surface area contributed by atoms with Gasteiger partial charge in [0.05, 0.1) is 12.3 Å². The molecule has 0 aliphatic rings. The highest BCUT2D eigenvalue weighted by molar-refractivity contribution is 7.98. The Labute approximate surface area is 111 Å². The molecule has 2 aromatic rings. The van der Waals surface area contributed by atoms with E-state index in [4.69, 9.17) is 10.3 Å². The molecule has 1 aromatic carbocycles. The second-order valence-corrected chi connectivity index (χ2v) is 5.37. The van der Waals surface area contributed by atoms with Crippen LogP contribution in [0.25, 0.3) is 0 Å². The van der Waals surface area contributed by atoms with Crippen molar-refractivity contribution in [1.29, 1.82) is 0 Å². The summed E-state index contributed by atoms with van der Waals surface area (Å²) in [5.74, 6) is 2.44. The number of aromatic nitrogens is 2. The molecule has 18 heavy (non-hydrogen) atoms. The van der Waals surface area contributed by atoms with Gasteiger partial charge in [-0.25, -0.2) is 0 Å². The van der Waals surface area contributed by atoms with Crippen molar-refractivity contribution in [2.75, 3.05) is 0 Å². The highest BCUT2D eigenvalue weighted by Gasteiger charge is 2.05. The normalized spacial score (nSPS) is 11.1. The first-order valence-electron chi connectivity index (χ1n) is 5.93. The lowest BCUT2D eigenvalue weighted by molar-refractivity contribution is 0.376. The molecule has 4 nitrogen and oxygen atoms in total. The Hall–Kier alpha value is -1.33. The van der Waals surface area contributed by atoms with E-state index in [1.54, 1.807) is 11.8 Å². The molecule has 0 saturated heterocycles. The highest BCUT2D eigenvalue weighted by Crippen LogP contribution is 2.24. The van der Waals surface area contributed by atoms with Crippen molar-refractivity contribution in [3.8, 4) is 0 Å². The predicted octanol–water partition coefficient (Wildman–Crippen LogP) is 2.94. The summed E-state index contributed by atoms with van der Waals surface area (Å²) in [6.45, 7) is 4.67. The summed E-state index contributed by atoms with van der Waals surface area (Å²) in [5.41, 5.74) is 6.76. The van der Waals surface area contributed by atoms with Crippen molar-refractivity contribution in [3.05, 3.63) is 41.5 Å². The first kappa shape index (κ1) is 13.1. The first-order valence-corrected chi connectivity index (χ1v) is 6.92. The first-order chi connectivity index (χ1) is 8.69. The van der Waals surface area contributed by atoms with Crippen molar-refractivity contribution >= 4 is 11.8 Å². The second-order valence-electron chi connectivity index (χ2n) is 4.32. The minimum Gasteiger partial charge on any atom is -0.338 e. The number of rotatable bonds is 5. The Kier molecular flexibility index (Phi) is 4.38. The second kappa shape index (κ2) is 6.02. The molecule has 0 amide bonds. The zero-order valence-corrected chi connectivity index (χ0v) is 11.4. The van der Waals surface area contributed by atoms with E-state index in [-0.39, 0.29) is 0 Å². The Morgan fingerprint density at radius 2 is 2.00 bits per heavy atom. The standard InChI is InChI=1S/C13H17N3OS/c1-9(2)10-3-5-11(6-4-10)18-8-12-15-13(7-14)17-16-12/h3-6,9H,7-8,14H2,1-2H3.